The van der Waals surface area contributed by atoms with Gasteiger partial charge in [-0.05, 0) is 49.6 Å². The fraction of sp³-hybridized carbons (Fsp3) is 0.0909. The first-order valence-electron chi connectivity index (χ1n) is 4.67. The predicted octanol–water partition coefficient (Wildman–Crippen LogP) is 4.90. The molecule has 0 unspecified atom stereocenters. The Hall–Kier alpha value is -0.160. The lowest BCUT2D eigenvalue weighted by atomic mass is 10.1. The van der Waals surface area contributed by atoms with Crippen LogP contribution in [0.5, 0.6) is 0 Å². The molecule has 1 heterocycles. The van der Waals surface area contributed by atoms with E-state index in [1.165, 1.54) is 0 Å². The van der Waals surface area contributed by atoms with Gasteiger partial charge in [-0.25, -0.2) is 9.97 Å². The standard InChI is InChI=1S/C11H6Br2Cl2N2/c12-9-5-10(13)17-11(16-9)3-6-1-2-7(14)4-8(6)15/h1-2,4-5H,3H2. The molecule has 0 aliphatic heterocycles. The van der Waals surface area contributed by atoms with Crippen molar-refractivity contribution in [2.45, 2.75) is 6.42 Å². The Morgan fingerprint density at radius 2 is 1.65 bits per heavy atom. The van der Waals surface area contributed by atoms with E-state index in [0.717, 1.165) is 14.8 Å². The largest absolute Gasteiger partial charge is 0.226 e. The van der Waals surface area contributed by atoms with E-state index in [0.29, 0.717) is 22.3 Å². The molecule has 17 heavy (non-hydrogen) atoms. The lowest BCUT2D eigenvalue weighted by Gasteiger charge is -2.04. The van der Waals surface area contributed by atoms with E-state index in [-0.39, 0.29) is 0 Å². The van der Waals surface area contributed by atoms with Crippen molar-refractivity contribution in [1.29, 1.82) is 0 Å². The summed E-state index contributed by atoms with van der Waals surface area (Å²) in [7, 11) is 0. The summed E-state index contributed by atoms with van der Waals surface area (Å²) >= 11 is 18.6. The number of hydrogen-bond acceptors (Lipinski definition) is 2. The third-order valence-corrected chi connectivity index (χ3v) is 3.47. The van der Waals surface area contributed by atoms with Gasteiger partial charge in [0.2, 0.25) is 0 Å². The molecule has 0 amide bonds. The first kappa shape index (κ1) is 13.3. The van der Waals surface area contributed by atoms with Crippen molar-refractivity contribution >= 4 is 55.1 Å². The Labute approximate surface area is 126 Å². The van der Waals surface area contributed by atoms with Crippen molar-refractivity contribution in [3.63, 3.8) is 0 Å². The van der Waals surface area contributed by atoms with Crippen LogP contribution in [0.25, 0.3) is 0 Å². The molecule has 0 saturated heterocycles. The first-order valence-corrected chi connectivity index (χ1v) is 7.01. The number of aromatic nitrogens is 2. The summed E-state index contributed by atoms with van der Waals surface area (Å²) in [6, 6.07) is 7.18. The molecule has 0 radical (unpaired) electrons. The normalized spacial score (nSPS) is 10.6. The molecule has 2 nitrogen and oxygen atoms in total. The zero-order chi connectivity index (χ0) is 12.4. The molecule has 88 valence electrons. The summed E-state index contributed by atoms with van der Waals surface area (Å²) in [4.78, 5) is 8.55. The van der Waals surface area contributed by atoms with E-state index in [1.807, 2.05) is 6.07 Å². The van der Waals surface area contributed by atoms with Crippen molar-refractivity contribution in [2.24, 2.45) is 0 Å². The first-order chi connectivity index (χ1) is 8.04. The maximum absolute atomic E-state index is 6.10. The van der Waals surface area contributed by atoms with Crippen LogP contribution in [0.4, 0.5) is 0 Å². The molecular formula is C11H6Br2Cl2N2. The van der Waals surface area contributed by atoms with E-state index in [9.17, 15) is 0 Å². The lowest BCUT2D eigenvalue weighted by Crippen LogP contribution is -1.98. The molecule has 2 rings (SSSR count). The Bertz CT molecular complexity index is 541. The van der Waals surface area contributed by atoms with Crippen molar-refractivity contribution in [3.8, 4) is 0 Å². The molecule has 1 aromatic heterocycles. The second-order valence-corrected chi connectivity index (χ2v) is 5.81. The fourth-order valence-electron chi connectivity index (χ4n) is 1.35. The molecule has 0 N–H and O–H groups in total. The van der Waals surface area contributed by atoms with Gasteiger partial charge in [-0.3, -0.25) is 0 Å². The van der Waals surface area contributed by atoms with Gasteiger partial charge < -0.3 is 0 Å². The van der Waals surface area contributed by atoms with Gasteiger partial charge in [0, 0.05) is 22.5 Å². The van der Waals surface area contributed by atoms with E-state index >= 15 is 0 Å². The number of nitrogens with zero attached hydrogens (tertiary/aromatic N) is 2. The fourth-order valence-corrected chi connectivity index (χ4v) is 2.97. The number of halogens is 4. The summed E-state index contributed by atoms with van der Waals surface area (Å²) in [5.41, 5.74) is 0.945. The third kappa shape index (κ3) is 3.65. The van der Waals surface area contributed by atoms with Gasteiger partial charge in [0.25, 0.3) is 0 Å². The zero-order valence-electron chi connectivity index (χ0n) is 8.42. The zero-order valence-corrected chi connectivity index (χ0v) is 13.1. The van der Waals surface area contributed by atoms with Crippen molar-refractivity contribution in [3.05, 3.63) is 54.9 Å². The molecule has 0 spiro atoms. The van der Waals surface area contributed by atoms with E-state index in [4.69, 9.17) is 23.2 Å². The van der Waals surface area contributed by atoms with Gasteiger partial charge in [0.05, 0.1) is 0 Å². The minimum absolute atomic E-state index is 0.564. The Morgan fingerprint density at radius 3 is 2.24 bits per heavy atom. The summed E-state index contributed by atoms with van der Waals surface area (Å²) < 4.78 is 1.47. The molecule has 0 bridgehead atoms. The van der Waals surface area contributed by atoms with Crippen LogP contribution in [0.1, 0.15) is 11.4 Å². The smallest absolute Gasteiger partial charge is 0.135 e. The topological polar surface area (TPSA) is 25.8 Å². The Morgan fingerprint density at radius 1 is 1.00 bits per heavy atom. The van der Waals surface area contributed by atoms with Gasteiger partial charge in [-0.15, -0.1) is 0 Å². The molecule has 0 aliphatic carbocycles. The van der Waals surface area contributed by atoms with Crippen LogP contribution in [-0.2, 0) is 6.42 Å². The number of benzene rings is 1. The maximum Gasteiger partial charge on any atom is 0.135 e. The minimum Gasteiger partial charge on any atom is -0.226 e. The molecule has 0 aliphatic rings. The number of hydrogen-bond donors (Lipinski definition) is 0. The number of rotatable bonds is 2. The summed E-state index contributed by atoms with van der Waals surface area (Å²) in [5.74, 6) is 0.690. The highest BCUT2D eigenvalue weighted by molar-refractivity contribution is 9.11. The quantitative estimate of drug-likeness (QED) is 0.675. The van der Waals surface area contributed by atoms with Crippen LogP contribution in [0, 0.1) is 0 Å². The van der Waals surface area contributed by atoms with Crippen LogP contribution in [0.3, 0.4) is 0 Å². The molecule has 0 fully saturated rings. The third-order valence-electron chi connectivity index (χ3n) is 2.07. The average Bonchev–Trinajstić information content (AvgIpc) is 2.21. The summed E-state index contributed by atoms with van der Waals surface area (Å²) in [6.45, 7) is 0. The van der Waals surface area contributed by atoms with Crippen LogP contribution in [0.2, 0.25) is 10.0 Å². The van der Waals surface area contributed by atoms with Crippen LogP contribution in [0.15, 0.2) is 33.5 Å². The van der Waals surface area contributed by atoms with Crippen LogP contribution < -0.4 is 0 Å². The van der Waals surface area contributed by atoms with E-state index < -0.39 is 0 Å². The molecule has 0 atom stereocenters. The SMILES string of the molecule is Clc1ccc(Cc2nc(Br)cc(Br)n2)c(Cl)c1. The highest BCUT2D eigenvalue weighted by Crippen LogP contribution is 2.23. The molecule has 1 aromatic carbocycles. The second kappa shape index (κ2) is 5.65. The lowest BCUT2D eigenvalue weighted by molar-refractivity contribution is 0.941. The Kier molecular flexibility index (Phi) is 4.42. The monoisotopic (exact) mass is 394 g/mol. The second-order valence-electron chi connectivity index (χ2n) is 3.34. The van der Waals surface area contributed by atoms with Crippen molar-refractivity contribution in [2.75, 3.05) is 0 Å². The minimum atomic E-state index is 0.564. The highest BCUT2D eigenvalue weighted by atomic mass is 79.9. The average molecular weight is 397 g/mol. The van der Waals surface area contributed by atoms with Crippen molar-refractivity contribution in [1.82, 2.24) is 9.97 Å². The molecule has 2 aromatic rings. The predicted molar refractivity (Wildman–Crippen MR) is 76.7 cm³/mol. The van der Waals surface area contributed by atoms with Crippen molar-refractivity contribution < 1.29 is 0 Å². The highest BCUT2D eigenvalue weighted by Gasteiger charge is 2.06. The van der Waals surface area contributed by atoms with Crippen LogP contribution in [-0.4, -0.2) is 9.97 Å². The molecule has 6 heteroatoms. The van der Waals surface area contributed by atoms with E-state index in [1.54, 1.807) is 18.2 Å². The van der Waals surface area contributed by atoms with E-state index in [2.05, 4.69) is 41.8 Å². The van der Waals surface area contributed by atoms with Crippen LogP contribution >= 0.6 is 55.1 Å². The van der Waals surface area contributed by atoms with Gasteiger partial charge in [0.15, 0.2) is 0 Å². The maximum atomic E-state index is 6.10. The molecule has 0 saturated carbocycles. The van der Waals surface area contributed by atoms with Gasteiger partial charge >= 0.3 is 0 Å². The van der Waals surface area contributed by atoms with Gasteiger partial charge in [-0.1, -0.05) is 29.3 Å². The summed E-state index contributed by atoms with van der Waals surface area (Å²) in [5, 5.41) is 1.24. The Balaban J connectivity index is 2.31. The van der Waals surface area contributed by atoms with Gasteiger partial charge in [-0.2, -0.15) is 0 Å². The molecular weight excluding hydrogens is 391 g/mol. The summed E-state index contributed by atoms with van der Waals surface area (Å²) in [6.07, 6.45) is 0.564. The van der Waals surface area contributed by atoms with Gasteiger partial charge in [0.1, 0.15) is 15.0 Å².